The largest absolute Gasteiger partial charge is 0.389 e. The third kappa shape index (κ3) is 6.06. The summed E-state index contributed by atoms with van der Waals surface area (Å²) in [7, 11) is 4.27. The Hall–Kier alpha value is -0.200. The van der Waals surface area contributed by atoms with Crippen LogP contribution in [0.3, 0.4) is 0 Å². The molecular weight excluding hydrogens is 256 g/mol. The van der Waals surface area contributed by atoms with Crippen LogP contribution in [0.1, 0.15) is 33.1 Å². The Kier molecular flexibility index (Phi) is 7.99. The third-order valence-corrected chi connectivity index (χ3v) is 4.06. The first kappa shape index (κ1) is 17.9. The molecule has 1 unspecified atom stereocenters. The molecule has 20 heavy (non-hydrogen) atoms. The van der Waals surface area contributed by atoms with Gasteiger partial charge in [-0.1, -0.05) is 0 Å². The lowest BCUT2D eigenvalue weighted by Gasteiger charge is -2.47. The zero-order valence-corrected chi connectivity index (χ0v) is 13.5. The van der Waals surface area contributed by atoms with Crippen LogP contribution in [0.5, 0.6) is 0 Å². The number of nitrogens with one attached hydrogen (secondary N) is 1. The first-order chi connectivity index (χ1) is 9.46. The van der Waals surface area contributed by atoms with Crippen LogP contribution >= 0.6 is 0 Å². The number of hydrogen-bond acceptors (Lipinski definition) is 5. The molecule has 1 rings (SSSR count). The number of rotatable bonds is 11. The van der Waals surface area contributed by atoms with E-state index in [-0.39, 0.29) is 6.10 Å². The molecule has 1 atom stereocenters. The quantitative estimate of drug-likeness (QED) is 0.552. The minimum absolute atomic E-state index is 0.231. The number of hydrogen-bond donors (Lipinski definition) is 2. The van der Waals surface area contributed by atoms with E-state index >= 15 is 0 Å². The van der Waals surface area contributed by atoms with Crippen molar-refractivity contribution in [2.75, 3.05) is 47.0 Å². The molecule has 0 saturated heterocycles. The normalized spacial score (nSPS) is 19.4. The van der Waals surface area contributed by atoms with Gasteiger partial charge < -0.3 is 24.8 Å². The zero-order valence-electron chi connectivity index (χ0n) is 13.5. The van der Waals surface area contributed by atoms with Gasteiger partial charge in [-0.2, -0.15) is 0 Å². The summed E-state index contributed by atoms with van der Waals surface area (Å²) in [6.07, 6.45) is 3.57. The summed E-state index contributed by atoms with van der Waals surface area (Å²) in [6, 6.07) is 0. The average molecular weight is 288 g/mol. The topological polar surface area (TPSA) is 54.0 Å². The average Bonchev–Trinajstić information content (AvgIpc) is 2.31. The Labute approximate surface area is 123 Å². The lowest BCUT2D eigenvalue weighted by molar-refractivity contribution is -0.0118. The fraction of sp³-hybridized carbons (Fsp3) is 1.00. The van der Waals surface area contributed by atoms with Gasteiger partial charge in [-0.25, -0.2) is 0 Å². The van der Waals surface area contributed by atoms with Crippen LogP contribution in [0.15, 0.2) is 0 Å². The Morgan fingerprint density at radius 3 is 2.45 bits per heavy atom. The van der Waals surface area contributed by atoms with Gasteiger partial charge in [0, 0.05) is 18.6 Å². The van der Waals surface area contributed by atoms with Crippen LogP contribution in [0, 0.1) is 0 Å². The molecule has 1 fully saturated rings. The molecule has 0 aromatic rings. The second-order valence-corrected chi connectivity index (χ2v) is 6.25. The Balaban J connectivity index is 2.01. The molecule has 1 aliphatic carbocycles. The van der Waals surface area contributed by atoms with Crippen molar-refractivity contribution >= 4 is 0 Å². The highest BCUT2D eigenvalue weighted by Gasteiger charge is 2.38. The SMILES string of the molecule is CC(C)OCCOCC(O)CNCC1(N(C)C)CCC1. The highest BCUT2D eigenvalue weighted by molar-refractivity contribution is 4.97. The van der Waals surface area contributed by atoms with Crippen molar-refractivity contribution in [1.29, 1.82) is 0 Å². The van der Waals surface area contributed by atoms with Gasteiger partial charge in [0.1, 0.15) is 0 Å². The summed E-state index contributed by atoms with van der Waals surface area (Å²) in [5.41, 5.74) is 0.297. The smallest absolute Gasteiger partial charge is 0.0897 e. The molecule has 120 valence electrons. The summed E-state index contributed by atoms with van der Waals surface area (Å²) >= 11 is 0. The minimum Gasteiger partial charge on any atom is -0.389 e. The van der Waals surface area contributed by atoms with Crippen LogP contribution in [0.2, 0.25) is 0 Å². The van der Waals surface area contributed by atoms with Crippen molar-refractivity contribution < 1.29 is 14.6 Å². The van der Waals surface area contributed by atoms with Crippen LogP contribution in [0.4, 0.5) is 0 Å². The Morgan fingerprint density at radius 2 is 1.95 bits per heavy atom. The van der Waals surface area contributed by atoms with E-state index in [2.05, 4.69) is 24.3 Å². The molecule has 1 aliphatic rings. The van der Waals surface area contributed by atoms with Gasteiger partial charge in [0.05, 0.1) is 32.0 Å². The number of nitrogens with zero attached hydrogens (tertiary/aromatic N) is 1. The molecule has 0 radical (unpaired) electrons. The molecule has 0 spiro atoms. The van der Waals surface area contributed by atoms with Gasteiger partial charge in [0.2, 0.25) is 0 Å². The van der Waals surface area contributed by atoms with E-state index in [4.69, 9.17) is 9.47 Å². The van der Waals surface area contributed by atoms with E-state index < -0.39 is 6.10 Å². The highest BCUT2D eigenvalue weighted by atomic mass is 16.5. The lowest BCUT2D eigenvalue weighted by atomic mass is 9.75. The van der Waals surface area contributed by atoms with E-state index in [1.54, 1.807) is 0 Å². The van der Waals surface area contributed by atoms with E-state index in [1.165, 1.54) is 19.3 Å². The molecule has 2 N–H and O–H groups in total. The van der Waals surface area contributed by atoms with Gasteiger partial charge >= 0.3 is 0 Å². The number of aliphatic hydroxyl groups excluding tert-OH is 1. The lowest BCUT2D eigenvalue weighted by Crippen LogP contribution is -2.57. The van der Waals surface area contributed by atoms with Crippen LogP contribution in [-0.4, -0.2) is 74.8 Å². The van der Waals surface area contributed by atoms with Crippen molar-refractivity contribution in [1.82, 2.24) is 10.2 Å². The Bertz CT molecular complexity index is 256. The number of aliphatic hydroxyl groups is 1. The summed E-state index contributed by atoms with van der Waals surface area (Å²) < 4.78 is 10.8. The van der Waals surface area contributed by atoms with Crippen molar-refractivity contribution in [3.05, 3.63) is 0 Å². The summed E-state index contributed by atoms with van der Waals surface area (Å²) in [6.45, 7) is 7.01. The second kappa shape index (κ2) is 8.95. The number of ether oxygens (including phenoxy) is 2. The fourth-order valence-electron chi connectivity index (χ4n) is 2.46. The number of likely N-dealkylation sites (N-methyl/N-ethyl adjacent to an activating group) is 1. The Morgan fingerprint density at radius 1 is 1.25 bits per heavy atom. The summed E-state index contributed by atoms with van der Waals surface area (Å²) in [4.78, 5) is 2.30. The van der Waals surface area contributed by atoms with Gasteiger partial charge in [0.15, 0.2) is 0 Å². The monoisotopic (exact) mass is 288 g/mol. The molecule has 5 heteroatoms. The van der Waals surface area contributed by atoms with Crippen LogP contribution < -0.4 is 5.32 Å². The predicted molar refractivity (Wildman–Crippen MR) is 81.1 cm³/mol. The van der Waals surface area contributed by atoms with Gasteiger partial charge in [0.25, 0.3) is 0 Å². The molecular formula is C15H32N2O3. The predicted octanol–water partition coefficient (Wildman–Crippen LogP) is 0.863. The van der Waals surface area contributed by atoms with Crippen molar-refractivity contribution in [2.45, 2.75) is 50.9 Å². The zero-order chi connectivity index (χ0) is 15.0. The van der Waals surface area contributed by atoms with Crippen molar-refractivity contribution in [2.24, 2.45) is 0 Å². The molecule has 1 saturated carbocycles. The molecule has 0 heterocycles. The van der Waals surface area contributed by atoms with Gasteiger partial charge in [-0.3, -0.25) is 0 Å². The minimum atomic E-state index is -0.451. The van der Waals surface area contributed by atoms with Gasteiger partial charge in [-0.15, -0.1) is 0 Å². The highest BCUT2D eigenvalue weighted by Crippen LogP contribution is 2.35. The van der Waals surface area contributed by atoms with Crippen molar-refractivity contribution in [3.8, 4) is 0 Å². The van der Waals surface area contributed by atoms with Crippen molar-refractivity contribution in [3.63, 3.8) is 0 Å². The summed E-state index contributed by atoms with van der Waals surface area (Å²) in [5.74, 6) is 0. The van der Waals surface area contributed by atoms with E-state index in [9.17, 15) is 5.11 Å². The van der Waals surface area contributed by atoms with E-state index in [0.29, 0.717) is 31.9 Å². The first-order valence-corrected chi connectivity index (χ1v) is 7.72. The molecule has 0 aliphatic heterocycles. The van der Waals surface area contributed by atoms with Gasteiger partial charge in [-0.05, 0) is 47.2 Å². The van der Waals surface area contributed by atoms with E-state index in [0.717, 1.165) is 6.54 Å². The van der Waals surface area contributed by atoms with Crippen LogP contribution in [0.25, 0.3) is 0 Å². The third-order valence-electron chi connectivity index (χ3n) is 4.06. The van der Waals surface area contributed by atoms with Crippen LogP contribution in [-0.2, 0) is 9.47 Å². The maximum atomic E-state index is 9.84. The molecule has 0 aromatic heterocycles. The standard InChI is InChI=1S/C15H32N2O3/c1-13(2)20-9-8-19-11-14(18)10-16-12-15(17(3)4)6-5-7-15/h13-14,16,18H,5-12H2,1-4H3. The first-order valence-electron chi connectivity index (χ1n) is 7.72. The maximum Gasteiger partial charge on any atom is 0.0897 e. The fourth-order valence-corrected chi connectivity index (χ4v) is 2.46. The summed E-state index contributed by atoms with van der Waals surface area (Å²) in [5, 5.41) is 13.2. The molecule has 0 bridgehead atoms. The molecule has 5 nitrogen and oxygen atoms in total. The molecule has 0 aromatic carbocycles. The van der Waals surface area contributed by atoms with E-state index in [1.807, 2.05) is 13.8 Å². The molecule has 0 amide bonds. The second-order valence-electron chi connectivity index (χ2n) is 6.25. The maximum absolute atomic E-state index is 9.84.